The van der Waals surface area contributed by atoms with Crippen LogP contribution in [0, 0.1) is 6.92 Å². The summed E-state index contributed by atoms with van der Waals surface area (Å²) in [5, 5.41) is 4.69. The van der Waals surface area contributed by atoms with E-state index in [1.807, 2.05) is 36.6 Å². The molecule has 0 aliphatic heterocycles. The fourth-order valence-corrected chi connectivity index (χ4v) is 3.07. The Balaban J connectivity index is 2.18. The van der Waals surface area contributed by atoms with Crippen LogP contribution in [0.4, 0.5) is 5.69 Å². The first-order valence-corrected chi connectivity index (χ1v) is 7.34. The van der Waals surface area contributed by atoms with E-state index in [1.165, 1.54) is 11.3 Å². The number of thiophene rings is 1. The first-order chi connectivity index (χ1) is 8.06. The van der Waals surface area contributed by atoms with Crippen LogP contribution in [0.3, 0.4) is 0 Å². The molecule has 5 heteroatoms. The monoisotopic (exact) mass is 373 g/mol. The van der Waals surface area contributed by atoms with Crippen LogP contribution >= 0.6 is 43.2 Å². The topological polar surface area (TPSA) is 29.1 Å². The molecule has 1 aromatic carbocycles. The Morgan fingerprint density at radius 1 is 1.29 bits per heavy atom. The van der Waals surface area contributed by atoms with Gasteiger partial charge in [0.1, 0.15) is 0 Å². The van der Waals surface area contributed by atoms with Crippen LogP contribution in [0.15, 0.2) is 37.9 Å². The van der Waals surface area contributed by atoms with Gasteiger partial charge in [0.25, 0.3) is 5.91 Å². The first-order valence-electron chi connectivity index (χ1n) is 4.88. The van der Waals surface area contributed by atoms with Crippen molar-refractivity contribution in [3.05, 3.63) is 49.0 Å². The number of anilines is 1. The van der Waals surface area contributed by atoms with Gasteiger partial charge in [-0.1, -0.05) is 6.07 Å². The van der Waals surface area contributed by atoms with Gasteiger partial charge in [-0.15, -0.1) is 11.3 Å². The molecule has 0 aliphatic rings. The van der Waals surface area contributed by atoms with Crippen LogP contribution in [-0.4, -0.2) is 5.91 Å². The summed E-state index contributed by atoms with van der Waals surface area (Å²) in [6.07, 6.45) is 0. The number of hydrogen-bond donors (Lipinski definition) is 1. The number of nitrogens with one attached hydrogen (secondary N) is 1. The largest absolute Gasteiger partial charge is 0.321 e. The van der Waals surface area contributed by atoms with Crippen LogP contribution in [0.1, 0.15) is 15.9 Å². The molecule has 0 fully saturated rings. The number of amides is 1. The molecule has 0 saturated heterocycles. The van der Waals surface area contributed by atoms with Gasteiger partial charge in [-0.2, -0.15) is 0 Å². The van der Waals surface area contributed by atoms with Crippen LogP contribution < -0.4 is 5.32 Å². The number of rotatable bonds is 2. The molecule has 1 aromatic heterocycles. The molecule has 2 nitrogen and oxygen atoms in total. The number of carbonyl (C=O) groups excluding carboxylic acids is 1. The second-order valence-corrected chi connectivity index (χ2v) is 6.72. The van der Waals surface area contributed by atoms with Crippen LogP contribution in [0.2, 0.25) is 0 Å². The lowest BCUT2D eigenvalue weighted by Crippen LogP contribution is -2.11. The summed E-state index contributed by atoms with van der Waals surface area (Å²) in [6.45, 7) is 2.01. The highest BCUT2D eigenvalue weighted by atomic mass is 79.9. The van der Waals surface area contributed by atoms with Crippen molar-refractivity contribution in [1.29, 1.82) is 0 Å². The number of benzene rings is 1. The molecule has 88 valence electrons. The molecule has 0 bridgehead atoms. The van der Waals surface area contributed by atoms with Crippen molar-refractivity contribution in [2.75, 3.05) is 5.32 Å². The fraction of sp³-hybridized carbons (Fsp3) is 0.0833. The summed E-state index contributed by atoms with van der Waals surface area (Å²) in [5.41, 5.74) is 2.59. The minimum Gasteiger partial charge on any atom is -0.321 e. The summed E-state index contributed by atoms with van der Waals surface area (Å²) in [7, 11) is 0. The summed E-state index contributed by atoms with van der Waals surface area (Å²) in [4.78, 5) is 11.9. The predicted molar refractivity (Wildman–Crippen MR) is 78.9 cm³/mol. The van der Waals surface area contributed by atoms with Gasteiger partial charge in [-0.05, 0) is 62.5 Å². The highest BCUT2D eigenvalue weighted by Gasteiger charge is 2.09. The van der Waals surface area contributed by atoms with Gasteiger partial charge < -0.3 is 5.32 Å². The van der Waals surface area contributed by atoms with Crippen molar-refractivity contribution in [3.63, 3.8) is 0 Å². The minimum absolute atomic E-state index is 0.100. The smallest absolute Gasteiger partial charge is 0.256 e. The molecule has 1 heterocycles. The van der Waals surface area contributed by atoms with Crippen molar-refractivity contribution in [2.24, 2.45) is 0 Å². The average molecular weight is 375 g/mol. The van der Waals surface area contributed by atoms with E-state index in [4.69, 9.17) is 0 Å². The average Bonchev–Trinajstić information content (AvgIpc) is 2.69. The minimum atomic E-state index is -0.100. The van der Waals surface area contributed by atoms with Gasteiger partial charge in [-0.3, -0.25) is 4.79 Å². The van der Waals surface area contributed by atoms with Crippen molar-refractivity contribution < 1.29 is 4.79 Å². The zero-order chi connectivity index (χ0) is 12.4. The van der Waals surface area contributed by atoms with E-state index in [-0.39, 0.29) is 5.91 Å². The number of halogens is 2. The summed E-state index contributed by atoms with van der Waals surface area (Å²) in [5.74, 6) is -0.100. The predicted octanol–water partition coefficient (Wildman–Crippen LogP) is 4.83. The summed E-state index contributed by atoms with van der Waals surface area (Å²) >= 11 is 8.27. The second-order valence-electron chi connectivity index (χ2n) is 3.58. The SMILES string of the molecule is Cc1ccc(NC(=O)c2csc(Br)c2)c(Br)c1. The Morgan fingerprint density at radius 2 is 2.06 bits per heavy atom. The van der Waals surface area contributed by atoms with Crippen molar-refractivity contribution in [1.82, 2.24) is 0 Å². The van der Waals surface area contributed by atoms with Crippen LogP contribution in [0.25, 0.3) is 0 Å². The van der Waals surface area contributed by atoms with Gasteiger partial charge in [-0.25, -0.2) is 0 Å². The molecule has 1 amide bonds. The third-order valence-corrected chi connectivity index (χ3v) is 4.36. The Hall–Kier alpha value is -0.650. The van der Waals surface area contributed by atoms with Gasteiger partial charge in [0.05, 0.1) is 15.0 Å². The number of hydrogen-bond acceptors (Lipinski definition) is 2. The zero-order valence-electron chi connectivity index (χ0n) is 8.96. The van der Waals surface area contributed by atoms with Crippen LogP contribution in [0.5, 0.6) is 0 Å². The molecule has 2 rings (SSSR count). The standard InChI is InChI=1S/C12H9Br2NOS/c1-7-2-3-10(9(13)4-7)15-12(16)8-5-11(14)17-6-8/h2-6H,1H3,(H,15,16). The van der Waals surface area contributed by atoms with Gasteiger partial charge in [0.15, 0.2) is 0 Å². The molecule has 0 unspecified atom stereocenters. The van der Waals surface area contributed by atoms with Gasteiger partial charge in [0, 0.05) is 9.85 Å². The Bertz CT molecular complexity index is 565. The quantitative estimate of drug-likeness (QED) is 0.800. The second kappa shape index (κ2) is 5.33. The molecule has 0 spiro atoms. The molecule has 1 N–H and O–H groups in total. The third-order valence-electron chi connectivity index (χ3n) is 2.20. The van der Waals surface area contributed by atoms with E-state index in [0.29, 0.717) is 5.56 Å². The zero-order valence-corrected chi connectivity index (χ0v) is 12.9. The summed E-state index contributed by atoms with van der Waals surface area (Å²) < 4.78 is 1.84. The lowest BCUT2D eigenvalue weighted by Gasteiger charge is -2.06. The number of aryl methyl sites for hydroxylation is 1. The summed E-state index contributed by atoms with van der Waals surface area (Å²) in [6, 6.07) is 7.63. The maximum absolute atomic E-state index is 11.9. The molecule has 0 saturated carbocycles. The van der Waals surface area contributed by atoms with Crippen molar-refractivity contribution in [2.45, 2.75) is 6.92 Å². The van der Waals surface area contributed by atoms with Crippen molar-refractivity contribution in [3.8, 4) is 0 Å². The molecule has 0 aliphatic carbocycles. The lowest BCUT2D eigenvalue weighted by atomic mass is 10.2. The van der Waals surface area contributed by atoms with E-state index in [9.17, 15) is 4.79 Å². The Morgan fingerprint density at radius 3 is 2.65 bits per heavy atom. The normalized spacial score (nSPS) is 10.3. The molecule has 17 heavy (non-hydrogen) atoms. The van der Waals surface area contributed by atoms with E-state index in [2.05, 4.69) is 37.2 Å². The first kappa shape index (κ1) is 12.8. The highest BCUT2D eigenvalue weighted by Crippen LogP contribution is 2.25. The van der Waals surface area contributed by atoms with E-state index in [0.717, 1.165) is 19.5 Å². The highest BCUT2D eigenvalue weighted by molar-refractivity contribution is 9.11. The fourth-order valence-electron chi connectivity index (χ4n) is 1.35. The molecular formula is C12H9Br2NOS. The Kier molecular flexibility index (Phi) is 4.01. The molecule has 0 radical (unpaired) electrons. The Labute approximate surface area is 120 Å². The molecule has 2 aromatic rings. The van der Waals surface area contributed by atoms with E-state index < -0.39 is 0 Å². The van der Waals surface area contributed by atoms with E-state index >= 15 is 0 Å². The van der Waals surface area contributed by atoms with Crippen molar-refractivity contribution >= 4 is 54.8 Å². The van der Waals surface area contributed by atoms with Gasteiger partial charge in [0.2, 0.25) is 0 Å². The van der Waals surface area contributed by atoms with Crippen LogP contribution in [-0.2, 0) is 0 Å². The third kappa shape index (κ3) is 3.18. The number of carbonyl (C=O) groups is 1. The molecular weight excluding hydrogens is 366 g/mol. The molecule has 0 atom stereocenters. The lowest BCUT2D eigenvalue weighted by molar-refractivity contribution is 0.102. The van der Waals surface area contributed by atoms with E-state index in [1.54, 1.807) is 0 Å². The van der Waals surface area contributed by atoms with Gasteiger partial charge >= 0.3 is 0 Å². The maximum Gasteiger partial charge on any atom is 0.256 e. The maximum atomic E-state index is 11.9.